The van der Waals surface area contributed by atoms with Crippen molar-refractivity contribution < 1.29 is 9.53 Å². The van der Waals surface area contributed by atoms with Crippen molar-refractivity contribution in [1.29, 1.82) is 0 Å². The average Bonchev–Trinajstić information content (AvgIpc) is 3.33. The molecule has 1 saturated heterocycles. The van der Waals surface area contributed by atoms with Crippen LogP contribution in [0.15, 0.2) is 24.5 Å². The van der Waals surface area contributed by atoms with E-state index in [-0.39, 0.29) is 5.91 Å². The van der Waals surface area contributed by atoms with Gasteiger partial charge in [-0.05, 0) is 19.1 Å². The maximum absolute atomic E-state index is 13.0. The molecule has 0 aliphatic carbocycles. The molecule has 3 aromatic rings. The van der Waals surface area contributed by atoms with Gasteiger partial charge in [-0.2, -0.15) is 4.98 Å². The van der Waals surface area contributed by atoms with Crippen LogP contribution in [0.25, 0.3) is 9.88 Å². The molecule has 1 aliphatic heterocycles. The van der Waals surface area contributed by atoms with Crippen molar-refractivity contribution in [3.05, 3.63) is 39.4 Å². The summed E-state index contributed by atoms with van der Waals surface area (Å²) in [7, 11) is 1.57. The van der Waals surface area contributed by atoms with Gasteiger partial charge in [-0.3, -0.25) is 9.78 Å². The van der Waals surface area contributed by atoms with Crippen LogP contribution in [-0.4, -0.2) is 59.0 Å². The third-order valence-corrected chi connectivity index (χ3v) is 7.02. The van der Waals surface area contributed by atoms with E-state index in [0.717, 1.165) is 21.4 Å². The molecule has 146 valence electrons. The van der Waals surface area contributed by atoms with E-state index in [9.17, 15) is 4.79 Å². The molecular weight excluding hydrogens is 418 g/mol. The van der Waals surface area contributed by atoms with Crippen molar-refractivity contribution in [3.8, 4) is 15.8 Å². The van der Waals surface area contributed by atoms with E-state index in [4.69, 9.17) is 16.3 Å². The number of ether oxygens (including phenoxy) is 1. The van der Waals surface area contributed by atoms with Gasteiger partial charge in [0, 0.05) is 26.2 Å². The molecule has 10 heteroatoms. The lowest BCUT2D eigenvalue weighted by molar-refractivity contribution is 0.0750. The minimum Gasteiger partial charge on any atom is -0.480 e. The fourth-order valence-electron chi connectivity index (χ4n) is 3.00. The largest absolute Gasteiger partial charge is 0.480 e. The number of aromatic nitrogens is 3. The third-order valence-electron chi connectivity index (χ3n) is 4.47. The smallest absolute Gasteiger partial charge is 0.265 e. The van der Waals surface area contributed by atoms with Crippen LogP contribution in [0.1, 0.15) is 15.4 Å². The lowest BCUT2D eigenvalue weighted by Gasteiger charge is -2.35. The molecule has 0 bridgehead atoms. The summed E-state index contributed by atoms with van der Waals surface area (Å²) in [5.74, 6) is 1.27. The zero-order valence-electron chi connectivity index (χ0n) is 15.4. The molecule has 4 rings (SSSR count). The molecule has 0 atom stereocenters. The van der Waals surface area contributed by atoms with E-state index in [1.54, 1.807) is 19.5 Å². The van der Waals surface area contributed by atoms with Crippen LogP contribution in [0, 0.1) is 6.92 Å². The number of carbonyl (C=O) groups excluding carboxylic acids is 1. The lowest BCUT2D eigenvalue weighted by atomic mass is 10.2. The fraction of sp³-hybridized carbons (Fsp3) is 0.333. The zero-order chi connectivity index (χ0) is 19.7. The average molecular weight is 436 g/mol. The molecule has 3 aromatic heterocycles. The summed E-state index contributed by atoms with van der Waals surface area (Å²) in [6.07, 6.45) is 3.29. The van der Waals surface area contributed by atoms with Crippen molar-refractivity contribution >= 4 is 46.0 Å². The monoisotopic (exact) mass is 435 g/mol. The number of piperazine rings is 1. The number of hydrogen-bond acceptors (Lipinski definition) is 8. The van der Waals surface area contributed by atoms with Crippen LogP contribution in [0.4, 0.5) is 5.82 Å². The molecule has 7 nitrogen and oxygen atoms in total. The van der Waals surface area contributed by atoms with Gasteiger partial charge < -0.3 is 14.5 Å². The van der Waals surface area contributed by atoms with Crippen molar-refractivity contribution in [2.75, 3.05) is 38.2 Å². The predicted octanol–water partition coefficient (Wildman–Crippen LogP) is 3.59. The maximum atomic E-state index is 13.0. The molecule has 1 amide bonds. The summed E-state index contributed by atoms with van der Waals surface area (Å²) >= 11 is 8.92. The second-order valence-corrected chi connectivity index (χ2v) is 8.95. The minimum atomic E-state index is 0.0280. The topological polar surface area (TPSA) is 71.5 Å². The summed E-state index contributed by atoms with van der Waals surface area (Å²) in [4.78, 5) is 31.8. The Bertz CT molecular complexity index is 998. The number of anilines is 1. The van der Waals surface area contributed by atoms with Crippen molar-refractivity contribution in [3.63, 3.8) is 0 Å². The molecule has 0 spiro atoms. The maximum Gasteiger partial charge on any atom is 0.265 e. The number of methoxy groups -OCH3 is 1. The van der Waals surface area contributed by atoms with Gasteiger partial charge in [0.2, 0.25) is 5.88 Å². The van der Waals surface area contributed by atoms with E-state index < -0.39 is 0 Å². The summed E-state index contributed by atoms with van der Waals surface area (Å²) in [5, 5.41) is 0.836. The number of hydrogen-bond donors (Lipinski definition) is 0. The van der Waals surface area contributed by atoms with Gasteiger partial charge in [0.25, 0.3) is 5.91 Å². The Morgan fingerprint density at radius 2 is 1.93 bits per heavy atom. The Kier molecular flexibility index (Phi) is 5.47. The first-order valence-corrected chi connectivity index (χ1v) is 10.7. The highest BCUT2D eigenvalue weighted by atomic mass is 35.5. The second kappa shape index (κ2) is 8.02. The summed E-state index contributed by atoms with van der Waals surface area (Å²) in [5.41, 5.74) is 0.760. The van der Waals surface area contributed by atoms with E-state index in [0.29, 0.717) is 41.3 Å². The van der Waals surface area contributed by atoms with Gasteiger partial charge in [-0.15, -0.1) is 22.7 Å². The molecule has 0 saturated carbocycles. The number of nitrogens with zero attached hydrogens (tertiary/aromatic N) is 5. The highest BCUT2D eigenvalue weighted by Crippen LogP contribution is 2.35. The van der Waals surface area contributed by atoms with Gasteiger partial charge in [0.05, 0.1) is 34.4 Å². The van der Waals surface area contributed by atoms with Crippen LogP contribution < -0.4 is 9.64 Å². The highest BCUT2D eigenvalue weighted by molar-refractivity contribution is 7.24. The molecule has 4 heterocycles. The summed E-state index contributed by atoms with van der Waals surface area (Å²) in [6, 6.07) is 3.79. The van der Waals surface area contributed by atoms with Crippen LogP contribution in [0.5, 0.6) is 5.88 Å². The third kappa shape index (κ3) is 3.82. The molecular formula is C18H18ClN5O2S2. The first-order chi connectivity index (χ1) is 13.5. The zero-order valence-corrected chi connectivity index (χ0v) is 17.8. The van der Waals surface area contributed by atoms with Crippen molar-refractivity contribution in [2.24, 2.45) is 0 Å². The standard InChI is InChI=1S/C18H18ClN5O2S2/c1-11-16(28-17(21-11)12-3-4-13(19)27-12)18(25)24-7-5-23(6-8-24)14-9-20-10-15(22-14)26-2/h3-4,9-10H,5-8H2,1-2H3. The van der Waals surface area contributed by atoms with Crippen LogP contribution >= 0.6 is 34.3 Å². The number of carbonyl (C=O) groups is 1. The van der Waals surface area contributed by atoms with E-state index in [1.807, 2.05) is 24.0 Å². The Morgan fingerprint density at radius 1 is 1.14 bits per heavy atom. The number of rotatable bonds is 4. The van der Waals surface area contributed by atoms with Crippen LogP contribution in [-0.2, 0) is 0 Å². The summed E-state index contributed by atoms with van der Waals surface area (Å²) in [6.45, 7) is 4.51. The van der Waals surface area contributed by atoms with Gasteiger partial charge in [0.15, 0.2) is 5.82 Å². The normalized spacial score (nSPS) is 14.4. The second-order valence-electron chi connectivity index (χ2n) is 6.24. The predicted molar refractivity (Wildman–Crippen MR) is 112 cm³/mol. The highest BCUT2D eigenvalue weighted by Gasteiger charge is 2.26. The Hall–Kier alpha value is -2.23. The number of halogens is 1. The van der Waals surface area contributed by atoms with E-state index in [2.05, 4.69) is 19.9 Å². The van der Waals surface area contributed by atoms with Crippen molar-refractivity contribution in [2.45, 2.75) is 6.92 Å². The Labute approximate surface area is 175 Å². The molecule has 28 heavy (non-hydrogen) atoms. The van der Waals surface area contributed by atoms with Gasteiger partial charge >= 0.3 is 0 Å². The summed E-state index contributed by atoms with van der Waals surface area (Å²) < 4.78 is 5.85. The first-order valence-electron chi connectivity index (χ1n) is 8.68. The molecule has 1 aliphatic rings. The SMILES string of the molecule is COc1cncc(N2CCN(C(=O)c3sc(-c4ccc(Cl)s4)nc3C)CC2)n1. The van der Waals surface area contributed by atoms with E-state index >= 15 is 0 Å². The van der Waals surface area contributed by atoms with E-state index in [1.165, 1.54) is 22.7 Å². The number of thiazole rings is 1. The van der Waals surface area contributed by atoms with Gasteiger partial charge in [0.1, 0.15) is 9.88 Å². The fourth-order valence-corrected chi connectivity index (χ4v) is 5.13. The van der Waals surface area contributed by atoms with Crippen molar-refractivity contribution in [1.82, 2.24) is 19.9 Å². The van der Waals surface area contributed by atoms with Gasteiger partial charge in [-0.1, -0.05) is 11.6 Å². The molecule has 0 radical (unpaired) electrons. The Morgan fingerprint density at radius 3 is 2.61 bits per heavy atom. The number of aryl methyl sites for hydroxylation is 1. The molecule has 0 unspecified atom stereocenters. The Balaban J connectivity index is 1.45. The quantitative estimate of drug-likeness (QED) is 0.623. The first kappa shape index (κ1) is 19.1. The lowest BCUT2D eigenvalue weighted by Crippen LogP contribution is -2.49. The molecule has 0 N–H and O–H groups in total. The van der Waals surface area contributed by atoms with Crippen LogP contribution in [0.2, 0.25) is 4.34 Å². The minimum absolute atomic E-state index is 0.0280. The number of amides is 1. The molecule has 0 aromatic carbocycles. The van der Waals surface area contributed by atoms with Crippen LogP contribution in [0.3, 0.4) is 0 Å². The van der Waals surface area contributed by atoms with Gasteiger partial charge in [-0.25, -0.2) is 4.98 Å². The number of thiophene rings is 1. The molecule has 1 fully saturated rings.